The average Bonchev–Trinajstić information content (AvgIpc) is 2.73. The van der Waals surface area contributed by atoms with Gasteiger partial charge in [-0.05, 0) is 31.0 Å². The smallest absolute Gasteiger partial charge is 0.287 e. The molecule has 2 aromatic carbocycles. The first-order valence-corrected chi connectivity index (χ1v) is 10.3. The van der Waals surface area contributed by atoms with Crippen LogP contribution in [-0.4, -0.2) is 51.6 Å². The molecule has 0 bridgehead atoms. The molecule has 6 nitrogen and oxygen atoms in total. The number of carbonyl (C=O) groups is 2. The molecule has 1 atom stereocenters. The fourth-order valence-electron chi connectivity index (χ4n) is 4.00. The van der Waals surface area contributed by atoms with Gasteiger partial charge in [-0.25, -0.2) is 0 Å². The van der Waals surface area contributed by atoms with E-state index in [-0.39, 0.29) is 17.9 Å². The van der Waals surface area contributed by atoms with Gasteiger partial charge in [-0.3, -0.25) is 9.59 Å². The zero-order chi connectivity index (χ0) is 20.8. The van der Waals surface area contributed by atoms with Gasteiger partial charge in [0.2, 0.25) is 0 Å². The van der Waals surface area contributed by atoms with E-state index in [4.69, 9.17) is 0 Å². The number of quaternary nitrogens is 2. The molecule has 0 saturated carbocycles. The molecular weight excluding hydrogens is 364 g/mol. The van der Waals surface area contributed by atoms with E-state index in [0.717, 1.165) is 48.6 Å². The zero-order valence-electron chi connectivity index (χ0n) is 17.5. The Morgan fingerprint density at radius 1 is 1.00 bits per heavy atom. The molecule has 0 unspecified atom stereocenters. The van der Waals surface area contributed by atoms with Crippen molar-refractivity contribution in [2.75, 3.05) is 45.1 Å². The topological polar surface area (TPSA) is 67.1 Å². The van der Waals surface area contributed by atoms with Crippen molar-refractivity contribution in [3.8, 4) is 0 Å². The number of hydrogen-bond donors (Lipinski definition) is 4. The summed E-state index contributed by atoms with van der Waals surface area (Å²) < 4.78 is 0. The van der Waals surface area contributed by atoms with Gasteiger partial charge in [0.05, 0.1) is 0 Å². The minimum atomic E-state index is -0.266. The van der Waals surface area contributed by atoms with E-state index in [0.29, 0.717) is 6.54 Å². The van der Waals surface area contributed by atoms with E-state index in [9.17, 15) is 9.59 Å². The van der Waals surface area contributed by atoms with Crippen LogP contribution >= 0.6 is 0 Å². The number of carbonyl (C=O) groups excluding carboxylic acids is 2. The van der Waals surface area contributed by atoms with Crippen LogP contribution in [0.5, 0.6) is 0 Å². The highest BCUT2D eigenvalue weighted by Crippen LogP contribution is 2.19. The molecule has 2 amide bonds. The summed E-state index contributed by atoms with van der Waals surface area (Å²) in [5, 5.41) is 5.87. The molecule has 4 N–H and O–H groups in total. The maximum atomic E-state index is 13.4. The van der Waals surface area contributed by atoms with Crippen LogP contribution in [0, 0.1) is 13.8 Å². The van der Waals surface area contributed by atoms with E-state index < -0.39 is 0 Å². The zero-order valence-corrected chi connectivity index (χ0v) is 17.5. The second-order valence-corrected chi connectivity index (χ2v) is 7.91. The van der Waals surface area contributed by atoms with Crippen molar-refractivity contribution in [1.29, 1.82) is 0 Å². The maximum absolute atomic E-state index is 13.4. The Kier molecular flexibility index (Phi) is 7.01. The van der Waals surface area contributed by atoms with Gasteiger partial charge in [0, 0.05) is 18.3 Å². The third kappa shape index (κ3) is 5.43. The minimum Gasteiger partial charge on any atom is -0.354 e. The number of anilines is 1. The van der Waals surface area contributed by atoms with Crippen LogP contribution in [-0.2, 0) is 9.59 Å². The quantitative estimate of drug-likeness (QED) is 0.533. The normalized spacial score (nSPS) is 20.0. The van der Waals surface area contributed by atoms with E-state index in [1.54, 1.807) is 7.05 Å². The minimum absolute atomic E-state index is 0.0228. The molecule has 6 heteroatoms. The molecule has 0 aliphatic carbocycles. The van der Waals surface area contributed by atoms with Crippen LogP contribution in [0.1, 0.15) is 22.7 Å². The first-order valence-electron chi connectivity index (χ1n) is 10.3. The van der Waals surface area contributed by atoms with Crippen LogP contribution < -0.4 is 20.4 Å². The number of amides is 2. The van der Waals surface area contributed by atoms with Crippen molar-refractivity contribution in [2.45, 2.75) is 19.9 Å². The average molecular weight is 397 g/mol. The predicted molar refractivity (Wildman–Crippen MR) is 114 cm³/mol. The highest BCUT2D eigenvalue weighted by atomic mass is 16.2. The van der Waals surface area contributed by atoms with E-state index >= 15 is 0 Å². The molecule has 2 aromatic rings. The van der Waals surface area contributed by atoms with Gasteiger partial charge in [0.1, 0.15) is 26.2 Å². The summed E-state index contributed by atoms with van der Waals surface area (Å²) in [6.45, 7) is 8.00. The summed E-state index contributed by atoms with van der Waals surface area (Å²) in [5.74, 6) is 0.0883. The monoisotopic (exact) mass is 396 g/mol. The van der Waals surface area contributed by atoms with Crippen molar-refractivity contribution >= 4 is 17.5 Å². The highest BCUT2D eigenvalue weighted by Gasteiger charge is 2.36. The number of likely N-dealkylation sites (N-methyl/N-ethyl adjacent to an activating group) is 1. The van der Waals surface area contributed by atoms with Crippen molar-refractivity contribution in [3.05, 3.63) is 65.2 Å². The standard InChI is InChI=1S/C23H30N4O2/c1-17-9-10-18(2)20(15-17)25-23(29)22(19-7-5-4-6-8-19)27-13-11-26(12-14-27)16-21(28)24-3/h4-10,15,22H,11-14,16H2,1-3H3,(H,24,28)(H,25,29)/p+2/t22-/m0/s1. The third-order valence-corrected chi connectivity index (χ3v) is 5.74. The molecule has 1 aliphatic rings. The summed E-state index contributed by atoms with van der Waals surface area (Å²) >= 11 is 0. The van der Waals surface area contributed by atoms with Gasteiger partial charge >= 0.3 is 0 Å². The van der Waals surface area contributed by atoms with Gasteiger partial charge in [0.25, 0.3) is 11.8 Å². The van der Waals surface area contributed by atoms with Gasteiger partial charge in [-0.1, -0.05) is 42.5 Å². The number of hydrogen-bond acceptors (Lipinski definition) is 2. The second kappa shape index (κ2) is 9.67. The van der Waals surface area contributed by atoms with Gasteiger partial charge in [-0.15, -0.1) is 0 Å². The van der Waals surface area contributed by atoms with Gasteiger partial charge < -0.3 is 20.4 Å². The highest BCUT2D eigenvalue weighted by molar-refractivity contribution is 5.95. The molecule has 3 rings (SSSR count). The summed E-state index contributed by atoms with van der Waals surface area (Å²) in [6, 6.07) is 15.9. The molecular formula is C23H32N4O2+2. The second-order valence-electron chi connectivity index (χ2n) is 7.91. The molecule has 1 aliphatic heterocycles. The number of piperazine rings is 1. The van der Waals surface area contributed by atoms with Gasteiger partial charge in [-0.2, -0.15) is 0 Å². The molecule has 0 radical (unpaired) electrons. The largest absolute Gasteiger partial charge is 0.354 e. The first kappa shape index (κ1) is 21.0. The maximum Gasteiger partial charge on any atom is 0.287 e. The molecule has 1 saturated heterocycles. The lowest BCUT2D eigenvalue weighted by Crippen LogP contribution is -3.28. The Balaban J connectivity index is 1.76. The fourth-order valence-corrected chi connectivity index (χ4v) is 4.00. The van der Waals surface area contributed by atoms with Crippen molar-refractivity contribution in [1.82, 2.24) is 5.32 Å². The number of nitrogens with one attached hydrogen (secondary N) is 4. The van der Waals surface area contributed by atoms with E-state index in [1.165, 1.54) is 9.80 Å². The first-order chi connectivity index (χ1) is 14.0. The Bertz CT molecular complexity index is 845. The lowest BCUT2D eigenvalue weighted by Gasteiger charge is -2.34. The Hall–Kier alpha value is -2.70. The molecule has 154 valence electrons. The summed E-state index contributed by atoms with van der Waals surface area (Å²) in [4.78, 5) is 27.6. The molecule has 1 heterocycles. The number of benzene rings is 2. The van der Waals surface area contributed by atoms with Crippen LogP contribution in [0.2, 0.25) is 0 Å². The molecule has 0 aromatic heterocycles. The lowest BCUT2D eigenvalue weighted by molar-refractivity contribution is -1.02. The number of aryl methyl sites for hydroxylation is 2. The summed E-state index contributed by atoms with van der Waals surface area (Å²) in [6.07, 6.45) is 0. The third-order valence-electron chi connectivity index (χ3n) is 5.74. The fraction of sp³-hybridized carbons (Fsp3) is 0.391. The van der Waals surface area contributed by atoms with Crippen LogP contribution in [0.3, 0.4) is 0 Å². The van der Waals surface area contributed by atoms with Crippen molar-refractivity contribution < 1.29 is 19.4 Å². The van der Waals surface area contributed by atoms with Crippen LogP contribution in [0.15, 0.2) is 48.5 Å². The van der Waals surface area contributed by atoms with Crippen molar-refractivity contribution in [3.63, 3.8) is 0 Å². The molecule has 29 heavy (non-hydrogen) atoms. The molecule has 0 spiro atoms. The van der Waals surface area contributed by atoms with E-state index in [1.807, 2.05) is 56.3 Å². The molecule has 1 fully saturated rings. The SMILES string of the molecule is CNC(=O)C[NH+]1CC[NH+]([C@H](C(=O)Nc2cc(C)ccc2C)c2ccccc2)CC1. The lowest BCUT2D eigenvalue weighted by atomic mass is 10.0. The van der Waals surface area contributed by atoms with Crippen LogP contribution in [0.4, 0.5) is 5.69 Å². The number of rotatable bonds is 6. The Morgan fingerprint density at radius 2 is 1.69 bits per heavy atom. The Labute approximate surface area is 172 Å². The van der Waals surface area contributed by atoms with Crippen molar-refractivity contribution in [2.24, 2.45) is 0 Å². The summed E-state index contributed by atoms with van der Waals surface area (Å²) in [7, 11) is 1.67. The van der Waals surface area contributed by atoms with E-state index in [2.05, 4.69) is 16.7 Å². The summed E-state index contributed by atoms with van der Waals surface area (Å²) in [5.41, 5.74) is 4.09. The van der Waals surface area contributed by atoms with Gasteiger partial charge in [0.15, 0.2) is 12.6 Å². The Morgan fingerprint density at radius 3 is 2.34 bits per heavy atom. The van der Waals surface area contributed by atoms with Crippen LogP contribution in [0.25, 0.3) is 0 Å². The predicted octanol–water partition coefficient (Wildman–Crippen LogP) is -0.487.